The second kappa shape index (κ2) is 5.40. The minimum Gasteiger partial charge on any atom is -0.484 e. The van der Waals surface area contributed by atoms with Gasteiger partial charge in [-0.15, -0.1) is 0 Å². The van der Waals surface area contributed by atoms with Crippen molar-refractivity contribution in [2.45, 2.75) is 6.18 Å². The van der Waals surface area contributed by atoms with Crippen LogP contribution in [-0.4, -0.2) is 43.3 Å². The SMILES string of the molecule is CN1C(=O)COC1=Nc1cccc(OCC(F)(F)F)c1. The Labute approximate surface area is 112 Å². The van der Waals surface area contributed by atoms with E-state index in [2.05, 4.69) is 9.73 Å². The van der Waals surface area contributed by atoms with E-state index in [9.17, 15) is 18.0 Å². The van der Waals surface area contributed by atoms with Crippen LogP contribution in [0.4, 0.5) is 18.9 Å². The highest BCUT2D eigenvalue weighted by Crippen LogP contribution is 2.23. The molecule has 0 unspecified atom stereocenters. The lowest BCUT2D eigenvalue weighted by molar-refractivity contribution is -0.153. The molecule has 0 bridgehead atoms. The van der Waals surface area contributed by atoms with Gasteiger partial charge >= 0.3 is 6.18 Å². The fourth-order valence-corrected chi connectivity index (χ4v) is 1.45. The van der Waals surface area contributed by atoms with Gasteiger partial charge in [0.15, 0.2) is 13.2 Å². The number of nitrogens with zero attached hydrogens (tertiary/aromatic N) is 2. The zero-order valence-corrected chi connectivity index (χ0v) is 10.5. The Morgan fingerprint density at radius 3 is 2.80 bits per heavy atom. The standard InChI is InChI=1S/C12H11F3N2O3/c1-17-10(18)6-19-11(17)16-8-3-2-4-9(5-8)20-7-12(13,14)15/h2-5H,6-7H2,1H3. The summed E-state index contributed by atoms with van der Waals surface area (Å²) in [7, 11) is 1.50. The van der Waals surface area contributed by atoms with Gasteiger partial charge in [0, 0.05) is 13.1 Å². The lowest BCUT2D eigenvalue weighted by Gasteiger charge is -2.10. The van der Waals surface area contributed by atoms with Crippen LogP contribution < -0.4 is 4.74 Å². The Morgan fingerprint density at radius 1 is 1.45 bits per heavy atom. The third-order valence-corrected chi connectivity index (χ3v) is 2.43. The Balaban J connectivity index is 2.10. The van der Waals surface area contributed by atoms with Crippen molar-refractivity contribution < 1.29 is 27.4 Å². The molecule has 1 heterocycles. The third-order valence-electron chi connectivity index (χ3n) is 2.43. The molecular weight excluding hydrogens is 277 g/mol. The number of carbonyl (C=O) groups excluding carboxylic acids is 1. The summed E-state index contributed by atoms with van der Waals surface area (Å²) in [4.78, 5) is 16.5. The van der Waals surface area contributed by atoms with Crippen LogP contribution >= 0.6 is 0 Å². The molecule has 0 aliphatic carbocycles. The lowest BCUT2D eigenvalue weighted by Crippen LogP contribution is -2.24. The summed E-state index contributed by atoms with van der Waals surface area (Å²) in [5.41, 5.74) is 0.334. The third kappa shape index (κ3) is 3.62. The summed E-state index contributed by atoms with van der Waals surface area (Å²) in [5.74, 6) is -0.204. The lowest BCUT2D eigenvalue weighted by atomic mass is 10.3. The van der Waals surface area contributed by atoms with Crippen LogP contribution in [0.15, 0.2) is 29.3 Å². The number of hydrogen-bond donors (Lipinski definition) is 0. The normalized spacial score (nSPS) is 17.5. The summed E-state index contributed by atoms with van der Waals surface area (Å²) >= 11 is 0. The topological polar surface area (TPSA) is 51.1 Å². The highest BCUT2D eigenvalue weighted by molar-refractivity contribution is 6.00. The largest absolute Gasteiger partial charge is 0.484 e. The Hall–Kier alpha value is -2.25. The number of halogens is 3. The first kappa shape index (κ1) is 14.2. The average Bonchev–Trinajstić information content (AvgIpc) is 2.68. The molecule has 1 amide bonds. The second-order valence-electron chi connectivity index (χ2n) is 4.04. The molecule has 20 heavy (non-hydrogen) atoms. The van der Waals surface area contributed by atoms with E-state index in [1.165, 1.54) is 30.1 Å². The van der Waals surface area contributed by atoms with Crippen molar-refractivity contribution in [3.05, 3.63) is 24.3 Å². The van der Waals surface area contributed by atoms with Crippen molar-refractivity contribution in [1.29, 1.82) is 0 Å². The molecular formula is C12H11F3N2O3. The summed E-state index contributed by atoms with van der Waals surface area (Å²) in [6, 6.07) is 5.89. The van der Waals surface area contributed by atoms with Gasteiger partial charge in [0.1, 0.15) is 5.75 Å². The molecule has 5 nitrogen and oxygen atoms in total. The Morgan fingerprint density at radius 2 is 2.20 bits per heavy atom. The maximum absolute atomic E-state index is 12.0. The Bertz CT molecular complexity index is 543. The average molecular weight is 288 g/mol. The maximum Gasteiger partial charge on any atom is 0.422 e. The summed E-state index contributed by atoms with van der Waals surface area (Å²) < 4.78 is 45.8. The first-order valence-electron chi connectivity index (χ1n) is 5.63. The molecule has 1 saturated heterocycles. The van der Waals surface area contributed by atoms with Gasteiger partial charge in [0.2, 0.25) is 0 Å². The first-order valence-corrected chi connectivity index (χ1v) is 5.63. The molecule has 2 rings (SSSR count). The summed E-state index contributed by atoms with van der Waals surface area (Å²) in [6.45, 7) is -1.47. The van der Waals surface area contributed by atoms with Crippen LogP contribution in [0.3, 0.4) is 0 Å². The number of aliphatic imine (C=N–C) groups is 1. The monoisotopic (exact) mass is 288 g/mol. The number of alkyl halides is 3. The van der Waals surface area contributed by atoms with Gasteiger partial charge in [-0.1, -0.05) is 6.07 Å². The number of rotatable bonds is 3. The minimum absolute atomic E-state index is 0.0381. The van der Waals surface area contributed by atoms with E-state index in [0.717, 1.165) is 0 Å². The molecule has 0 N–H and O–H groups in total. The fourth-order valence-electron chi connectivity index (χ4n) is 1.45. The van der Waals surface area contributed by atoms with Crippen molar-refractivity contribution in [2.75, 3.05) is 20.3 Å². The van der Waals surface area contributed by atoms with Gasteiger partial charge in [-0.25, -0.2) is 0 Å². The van der Waals surface area contributed by atoms with E-state index >= 15 is 0 Å². The highest BCUT2D eigenvalue weighted by atomic mass is 19.4. The van der Waals surface area contributed by atoms with Crippen molar-refractivity contribution in [1.82, 2.24) is 4.90 Å². The number of likely N-dealkylation sites (N-methyl/N-ethyl adjacent to an activating group) is 1. The smallest absolute Gasteiger partial charge is 0.422 e. The van der Waals surface area contributed by atoms with Crippen LogP contribution in [0.2, 0.25) is 0 Å². The minimum atomic E-state index is -4.40. The maximum atomic E-state index is 12.0. The number of amides is 1. The number of carbonyl (C=O) groups is 1. The quantitative estimate of drug-likeness (QED) is 0.856. The molecule has 0 aromatic heterocycles. The van der Waals surface area contributed by atoms with Crippen LogP contribution in [0.25, 0.3) is 0 Å². The highest BCUT2D eigenvalue weighted by Gasteiger charge is 2.28. The molecule has 0 atom stereocenters. The van der Waals surface area contributed by atoms with Crippen molar-refractivity contribution in [3.8, 4) is 5.75 Å². The number of hydrogen-bond acceptors (Lipinski definition) is 4. The molecule has 0 saturated carbocycles. The molecule has 1 aromatic carbocycles. The van der Waals surface area contributed by atoms with Crippen LogP contribution in [-0.2, 0) is 9.53 Å². The molecule has 1 aromatic rings. The number of benzene rings is 1. The summed E-state index contributed by atoms with van der Waals surface area (Å²) in [6.07, 6.45) is -4.40. The van der Waals surface area contributed by atoms with Crippen LogP contribution in [0.1, 0.15) is 0 Å². The molecule has 0 radical (unpaired) electrons. The fraction of sp³-hybridized carbons (Fsp3) is 0.333. The predicted molar refractivity (Wildman–Crippen MR) is 63.8 cm³/mol. The number of amidine groups is 1. The molecule has 1 fully saturated rings. The summed E-state index contributed by atoms with van der Waals surface area (Å²) in [5, 5.41) is 0. The van der Waals surface area contributed by atoms with E-state index < -0.39 is 12.8 Å². The van der Waals surface area contributed by atoms with E-state index in [-0.39, 0.29) is 24.3 Å². The first-order chi connectivity index (χ1) is 9.35. The van der Waals surface area contributed by atoms with E-state index in [1.54, 1.807) is 6.07 Å². The zero-order chi connectivity index (χ0) is 14.8. The van der Waals surface area contributed by atoms with Gasteiger partial charge in [-0.3, -0.25) is 9.69 Å². The van der Waals surface area contributed by atoms with Crippen molar-refractivity contribution >= 4 is 17.6 Å². The molecule has 0 spiro atoms. The predicted octanol–water partition coefficient (Wildman–Crippen LogP) is 2.10. The molecule has 8 heteroatoms. The van der Waals surface area contributed by atoms with Crippen molar-refractivity contribution in [2.24, 2.45) is 4.99 Å². The van der Waals surface area contributed by atoms with Gasteiger partial charge in [0.05, 0.1) is 5.69 Å². The van der Waals surface area contributed by atoms with E-state index in [1.807, 2.05) is 0 Å². The van der Waals surface area contributed by atoms with E-state index in [4.69, 9.17) is 4.74 Å². The molecule has 1 aliphatic heterocycles. The van der Waals surface area contributed by atoms with Gasteiger partial charge in [-0.2, -0.15) is 18.2 Å². The van der Waals surface area contributed by atoms with Gasteiger partial charge in [-0.05, 0) is 12.1 Å². The van der Waals surface area contributed by atoms with Crippen molar-refractivity contribution in [3.63, 3.8) is 0 Å². The van der Waals surface area contributed by atoms with Crippen LogP contribution in [0, 0.1) is 0 Å². The molecule has 108 valence electrons. The molecule has 1 aliphatic rings. The Kier molecular flexibility index (Phi) is 3.82. The van der Waals surface area contributed by atoms with Gasteiger partial charge in [0.25, 0.3) is 11.9 Å². The van der Waals surface area contributed by atoms with Crippen LogP contribution in [0.5, 0.6) is 5.75 Å². The zero-order valence-electron chi connectivity index (χ0n) is 10.5. The van der Waals surface area contributed by atoms with Gasteiger partial charge < -0.3 is 9.47 Å². The second-order valence-corrected chi connectivity index (χ2v) is 4.04. The number of ether oxygens (including phenoxy) is 2. The van der Waals surface area contributed by atoms with E-state index in [0.29, 0.717) is 5.69 Å².